The first-order valence-electron chi connectivity index (χ1n) is 22.3. The molecule has 3 fully saturated rings. The zero-order chi connectivity index (χ0) is 44.1. The van der Waals surface area contributed by atoms with Gasteiger partial charge in [-0.25, -0.2) is 4.98 Å². The maximum absolute atomic E-state index is 13.2. The van der Waals surface area contributed by atoms with E-state index < -0.39 is 13.2 Å². The molecule has 16 heteroatoms. The van der Waals surface area contributed by atoms with Gasteiger partial charge >= 0.3 is 0 Å². The molecule has 0 saturated carbocycles. The van der Waals surface area contributed by atoms with Gasteiger partial charge in [0.2, 0.25) is 17.8 Å². The lowest BCUT2D eigenvalue weighted by molar-refractivity contribution is -0.136. The number of carbonyl (C=O) groups is 3. The van der Waals surface area contributed by atoms with Crippen molar-refractivity contribution in [1.82, 2.24) is 30.0 Å². The van der Waals surface area contributed by atoms with Gasteiger partial charge < -0.3 is 34.6 Å². The number of carbonyl (C=O) groups excluding carboxylic acids is 3. The van der Waals surface area contributed by atoms with Crippen molar-refractivity contribution >= 4 is 70.6 Å². The molecule has 4 aliphatic heterocycles. The lowest BCUT2D eigenvalue weighted by Gasteiger charge is -2.43. The second kappa shape index (κ2) is 19.8. The molecule has 0 aliphatic carbocycles. The average Bonchev–Trinajstić information content (AvgIpc) is 3.62. The van der Waals surface area contributed by atoms with Crippen LogP contribution in [0.15, 0.2) is 66.9 Å². The number of amides is 3. The van der Waals surface area contributed by atoms with Gasteiger partial charge in [0.1, 0.15) is 24.0 Å². The number of nitrogens with one attached hydrogen (secondary N) is 3. The number of para-hydroxylation sites is 1. The summed E-state index contributed by atoms with van der Waals surface area (Å²) in [5, 5.41) is 10.0. The van der Waals surface area contributed by atoms with Crippen LogP contribution in [0, 0.1) is 0 Å². The van der Waals surface area contributed by atoms with Crippen LogP contribution in [0.25, 0.3) is 0 Å². The Morgan fingerprint density at radius 1 is 0.873 bits per heavy atom. The standard InChI is InChI=1S/C47H59ClN9O5P/c1-62-41-29-34(16-17-38(41)51-47-49-30-37(48)44(53-47)50-39-14-7-8-15-42(39)63(2,3)61)55-23-20-33(21-24-55)56-27-25-54(26-28-56)22-9-5-4-6-11-32-12-10-13-35-36(32)31-57(46(35)60)40-18-19-43(58)52-45(40)59/h7-8,10,12-17,29-30,33,40H,4-6,9,11,18-28,31H2,1-3H3,(H,52,58,59)(H2,49,50,51,53). The molecule has 14 nitrogen and oxygen atoms in total. The first-order valence-corrected chi connectivity index (χ1v) is 25.3. The highest BCUT2D eigenvalue weighted by Crippen LogP contribution is 2.39. The Hall–Kier alpha value is -5.01. The first-order chi connectivity index (χ1) is 30.4. The van der Waals surface area contributed by atoms with E-state index in [0.29, 0.717) is 52.8 Å². The molecular weight excluding hydrogens is 837 g/mol. The smallest absolute Gasteiger partial charge is 0.255 e. The zero-order valence-corrected chi connectivity index (χ0v) is 38.2. The van der Waals surface area contributed by atoms with Crippen molar-refractivity contribution in [2.75, 3.05) is 81.8 Å². The fraction of sp³-hybridized carbons (Fsp3) is 0.468. The van der Waals surface area contributed by atoms with E-state index >= 15 is 0 Å². The van der Waals surface area contributed by atoms with Gasteiger partial charge in [-0.1, -0.05) is 48.7 Å². The van der Waals surface area contributed by atoms with Crippen LogP contribution in [0.3, 0.4) is 0 Å². The Balaban J connectivity index is 0.747. The van der Waals surface area contributed by atoms with Crippen molar-refractivity contribution in [3.05, 3.63) is 88.6 Å². The number of nitrogens with zero attached hydrogens (tertiary/aromatic N) is 6. The van der Waals surface area contributed by atoms with Crippen LogP contribution in [0.2, 0.25) is 5.02 Å². The molecule has 0 spiro atoms. The number of halogens is 1. The summed E-state index contributed by atoms with van der Waals surface area (Å²) < 4.78 is 18.7. The monoisotopic (exact) mass is 895 g/mol. The van der Waals surface area contributed by atoms with E-state index in [-0.39, 0.29) is 24.1 Å². The number of aryl methyl sites for hydroxylation is 1. The van der Waals surface area contributed by atoms with Crippen LogP contribution in [-0.4, -0.2) is 121 Å². The molecule has 0 radical (unpaired) electrons. The van der Waals surface area contributed by atoms with E-state index in [0.717, 1.165) is 100 Å². The summed E-state index contributed by atoms with van der Waals surface area (Å²) in [5.41, 5.74) is 5.50. The zero-order valence-electron chi connectivity index (χ0n) is 36.6. The average molecular weight is 896 g/mol. The summed E-state index contributed by atoms with van der Waals surface area (Å²) in [6.45, 7) is 11.5. The van der Waals surface area contributed by atoms with Gasteiger partial charge in [0, 0.05) is 80.9 Å². The van der Waals surface area contributed by atoms with Crippen molar-refractivity contribution in [3.8, 4) is 5.75 Å². The number of imide groups is 1. The highest BCUT2D eigenvalue weighted by molar-refractivity contribution is 7.70. The van der Waals surface area contributed by atoms with E-state index in [4.69, 9.17) is 16.3 Å². The molecule has 3 saturated heterocycles. The predicted molar refractivity (Wildman–Crippen MR) is 250 cm³/mol. The number of ether oxygens (including phenoxy) is 1. The summed E-state index contributed by atoms with van der Waals surface area (Å²) in [4.78, 5) is 55.8. The van der Waals surface area contributed by atoms with E-state index in [1.54, 1.807) is 31.5 Å². The van der Waals surface area contributed by atoms with Crippen LogP contribution in [0.5, 0.6) is 5.75 Å². The van der Waals surface area contributed by atoms with Gasteiger partial charge in [0.05, 0.1) is 24.7 Å². The summed E-state index contributed by atoms with van der Waals surface area (Å²) in [7, 11) is -0.875. The van der Waals surface area contributed by atoms with Crippen LogP contribution < -0.4 is 30.9 Å². The highest BCUT2D eigenvalue weighted by Gasteiger charge is 2.39. The molecule has 1 unspecified atom stereocenters. The molecule has 63 heavy (non-hydrogen) atoms. The van der Waals surface area contributed by atoms with Gasteiger partial charge in [0.15, 0.2) is 5.82 Å². The summed E-state index contributed by atoms with van der Waals surface area (Å²) >= 11 is 6.49. The molecule has 0 bridgehead atoms. The number of unbranched alkanes of at least 4 members (excludes halogenated alkanes) is 3. The number of hydrogen-bond donors (Lipinski definition) is 3. The number of hydrogen-bond acceptors (Lipinski definition) is 12. The van der Waals surface area contributed by atoms with E-state index in [1.165, 1.54) is 18.4 Å². The Labute approximate surface area is 375 Å². The largest absolute Gasteiger partial charge is 0.494 e. The normalized spacial score (nSPS) is 19.0. The number of benzene rings is 3. The van der Waals surface area contributed by atoms with Gasteiger partial charge in [-0.15, -0.1) is 0 Å². The maximum atomic E-state index is 13.2. The number of piperazine rings is 1. The van der Waals surface area contributed by atoms with Gasteiger partial charge in [0.25, 0.3) is 5.91 Å². The predicted octanol–water partition coefficient (Wildman–Crippen LogP) is 7.02. The molecule has 4 aliphatic rings. The number of methoxy groups -OCH3 is 1. The molecule has 3 aromatic carbocycles. The molecule has 8 rings (SSSR count). The van der Waals surface area contributed by atoms with E-state index in [2.05, 4.69) is 58.8 Å². The third-order valence-corrected chi connectivity index (χ3v) is 14.8. The lowest BCUT2D eigenvalue weighted by Crippen LogP contribution is -2.53. The second-order valence-corrected chi connectivity index (χ2v) is 21.1. The Bertz CT molecular complexity index is 2360. The number of piperidine rings is 2. The van der Waals surface area contributed by atoms with Crippen molar-refractivity contribution in [1.29, 1.82) is 0 Å². The Morgan fingerprint density at radius 2 is 1.65 bits per heavy atom. The molecule has 4 aromatic rings. The number of aromatic nitrogens is 2. The number of rotatable bonds is 16. The lowest BCUT2D eigenvalue weighted by atomic mass is 9.98. The van der Waals surface area contributed by atoms with Gasteiger partial charge in [-0.3, -0.25) is 24.6 Å². The molecular formula is C47H59ClN9O5P. The first kappa shape index (κ1) is 44.6. The fourth-order valence-electron chi connectivity index (χ4n) is 9.52. The van der Waals surface area contributed by atoms with Crippen molar-refractivity contribution in [2.24, 2.45) is 0 Å². The number of fused-ring (bicyclic) bond motifs is 1. The fourth-order valence-corrected chi connectivity index (χ4v) is 10.8. The SMILES string of the molecule is COc1cc(N2CCC(N3CCN(CCCCCCc4cccc5c4CN(C4CCC(=O)NC4=O)C5=O)CC3)CC2)ccc1Nc1ncc(Cl)c(Nc2ccccc2P(C)(C)=O)n1. The van der Waals surface area contributed by atoms with Crippen molar-refractivity contribution in [3.63, 3.8) is 0 Å². The third-order valence-electron chi connectivity index (χ3n) is 13.0. The minimum atomic E-state index is -2.54. The van der Waals surface area contributed by atoms with Crippen LogP contribution in [-0.2, 0) is 27.1 Å². The summed E-state index contributed by atoms with van der Waals surface area (Å²) in [6.07, 6.45) is 9.95. The topological polar surface area (TPSA) is 152 Å². The van der Waals surface area contributed by atoms with Crippen LogP contribution in [0.4, 0.5) is 28.8 Å². The minimum Gasteiger partial charge on any atom is -0.494 e. The molecule has 1 aromatic heterocycles. The molecule has 5 heterocycles. The molecule has 334 valence electrons. The van der Waals surface area contributed by atoms with E-state index in [1.807, 2.05) is 42.5 Å². The summed E-state index contributed by atoms with van der Waals surface area (Å²) in [6, 6.07) is 19.6. The molecule has 3 amide bonds. The highest BCUT2D eigenvalue weighted by atomic mass is 35.5. The van der Waals surface area contributed by atoms with Crippen LogP contribution in [0.1, 0.15) is 72.9 Å². The van der Waals surface area contributed by atoms with Gasteiger partial charge in [-0.05, 0) is 99.9 Å². The van der Waals surface area contributed by atoms with Crippen LogP contribution >= 0.6 is 18.7 Å². The minimum absolute atomic E-state index is 0.105. The van der Waals surface area contributed by atoms with Crippen molar-refractivity contribution in [2.45, 2.75) is 76.4 Å². The van der Waals surface area contributed by atoms with Crippen molar-refractivity contribution < 1.29 is 23.7 Å². The quantitative estimate of drug-likeness (QED) is 0.0602. The van der Waals surface area contributed by atoms with E-state index in [9.17, 15) is 18.9 Å². The summed E-state index contributed by atoms with van der Waals surface area (Å²) in [5.74, 6) is 0.725. The Kier molecular flexibility index (Phi) is 14.0. The maximum Gasteiger partial charge on any atom is 0.255 e. The Morgan fingerprint density at radius 3 is 2.41 bits per heavy atom. The molecule has 1 atom stereocenters. The van der Waals surface area contributed by atoms with Gasteiger partial charge in [-0.2, -0.15) is 4.98 Å². The second-order valence-electron chi connectivity index (χ2n) is 17.5. The number of anilines is 5. The molecule has 3 N–H and O–H groups in total. The third kappa shape index (κ3) is 10.5.